The van der Waals surface area contributed by atoms with Crippen LogP contribution in [0.2, 0.25) is 0 Å². The van der Waals surface area contributed by atoms with Gasteiger partial charge in [0.05, 0.1) is 5.56 Å². The third-order valence-electron chi connectivity index (χ3n) is 2.18. The summed E-state index contributed by atoms with van der Waals surface area (Å²) in [5.74, 6) is 0. The first kappa shape index (κ1) is 8.46. The molecule has 0 aliphatic heterocycles. The van der Waals surface area contributed by atoms with Crippen LogP contribution >= 0.6 is 0 Å². The van der Waals surface area contributed by atoms with Crippen molar-refractivity contribution < 1.29 is 4.79 Å². The molecule has 66 valence electrons. The minimum atomic E-state index is 0.464. The highest BCUT2D eigenvalue weighted by Crippen LogP contribution is 2.29. The summed E-state index contributed by atoms with van der Waals surface area (Å²) in [5, 5.41) is 8.91. The van der Waals surface area contributed by atoms with E-state index in [1.54, 1.807) is 6.07 Å². The number of hydrogen-bond donors (Lipinski definition) is 0. The van der Waals surface area contributed by atoms with E-state index < -0.39 is 0 Å². The SMILES string of the molecule is N#Cc1c(C=O)cc2cccccc1-2. The highest BCUT2D eigenvalue weighted by molar-refractivity contribution is 5.90. The lowest BCUT2D eigenvalue weighted by molar-refractivity contribution is 0.112. The molecule has 0 amide bonds. The molecule has 0 radical (unpaired) electrons. The van der Waals surface area contributed by atoms with Crippen LogP contribution in [-0.4, -0.2) is 6.29 Å². The van der Waals surface area contributed by atoms with Gasteiger partial charge in [-0.2, -0.15) is 5.26 Å². The van der Waals surface area contributed by atoms with Crippen LogP contribution in [0.15, 0.2) is 36.4 Å². The van der Waals surface area contributed by atoms with E-state index in [0.717, 1.165) is 17.4 Å². The Morgan fingerprint density at radius 1 is 1.21 bits per heavy atom. The van der Waals surface area contributed by atoms with Gasteiger partial charge in [-0.15, -0.1) is 0 Å². The number of nitriles is 1. The Bertz CT molecular complexity index is 496. The summed E-state index contributed by atoms with van der Waals surface area (Å²) in [4.78, 5) is 10.7. The maximum Gasteiger partial charge on any atom is 0.151 e. The molecule has 0 N–H and O–H groups in total. The molecule has 0 saturated heterocycles. The zero-order chi connectivity index (χ0) is 9.97. The number of aldehydes is 1. The maximum atomic E-state index is 10.7. The van der Waals surface area contributed by atoms with Crippen molar-refractivity contribution in [2.24, 2.45) is 0 Å². The fourth-order valence-electron chi connectivity index (χ4n) is 1.53. The second-order valence-electron chi connectivity index (χ2n) is 2.98. The molecule has 0 aromatic carbocycles. The quantitative estimate of drug-likeness (QED) is 0.634. The lowest BCUT2D eigenvalue weighted by Gasteiger charge is -1.90. The smallest absolute Gasteiger partial charge is 0.151 e. The van der Waals surface area contributed by atoms with Crippen molar-refractivity contribution in [2.75, 3.05) is 0 Å². The molecule has 14 heavy (non-hydrogen) atoms. The van der Waals surface area contributed by atoms with Gasteiger partial charge in [-0.05, 0) is 11.6 Å². The Balaban J connectivity index is 2.82. The van der Waals surface area contributed by atoms with Crippen molar-refractivity contribution in [3.63, 3.8) is 0 Å². The Kier molecular flexibility index (Phi) is 2.00. The number of carbonyl (C=O) groups is 1. The summed E-state index contributed by atoms with van der Waals surface area (Å²) in [6.07, 6.45) is 0.721. The summed E-state index contributed by atoms with van der Waals surface area (Å²) < 4.78 is 0. The monoisotopic (exact) mass is 181 g/mol. The van der Waals surface area contributed by atoms with E-state index in [0.29, 0.717) is 11.1 Å². The minimum absolute atomic E-state index is 0.464. The van der Waals surface area contributed by atoms with Crippen LogP contribution in [0.1, 0.15) is 15.9 Å². The predicted molar refractivity (Wildman–Crippen MR) is 53.2 cm³/mol. The molecule has 2 nitrogen and oxygen atoms in total. The first-order valence-electron chi connectivity index (χ1n) is 4.24. The fourth-order valence-corrected chi connectivity index (χ4v) is 1.53. The standard InChI is InChI=1S/C12H7NO/c13-7-12-10(8-14)6-9-4-2-1-3-5-11(9)12/h1-6,8H. The van der Waals surface area contributed by atoms with E-state index in [-0.39, 0.29) is 0 Å². The number of rotatable bonds is 1. The van der Waals surface area contributed by atoms with Gasteiger partial charge in [0.2, 0.25) is 0 Å². The van der Waals surface area contributed by atoms with Gasteiger partial charge in [0, 0.05) is 11.1 Å². The second kappa shape index (κ2) is 3.31. The van der Waals surface area contributed by atoms with Gasteiger partial charge in [0.15, 0.2) is 6.29 Å². The lowest BCUT2D eigenvalue weighted by atomic mass is 10.1. The summed E-state index contributed by atoms with van der Waals surface area (Å²) in [7, 11) is 0. The van der Waals surface area contributed by atoms with Gasteiger partial charge in [-0.25, -0.2) is 0 Å². The van der Waals surface area contributed by atoms with Crippen molar-refractivity contribution in [3.8, 4) is 17.2 Å². The predicted octanol–water partition coefficient (Wildman–Crippen LogP) is 2.48. The van der Waals surface area contributed by atoms with E-state index in [9.17, 15) is 4.79 Å². The third kappa shape index (κ3) is 1.16. The first-order chi connectivity index (χ1) is 6.86. The Hall–Kier alpha value is -2.14. The molecule has 0 aromatic heterocycles. The molecule has 0 fully saturated rings. The summed E-state index contributed by atoms with van der Waals surface area (Å²) >= 11 is 0. The van der Waals surface area contributed by atoms with Gasteiger partial charge in [-0.3, -0.25) is 4.79 Å². The summed E-state index contributed by atoms with van der Waals surface area (Å²) in [6.45, 7) is 0. The van der Waals surface area contributed by atoms with E-state index in [1.165, 1.54) is 0 Å². The molecule has 0 heterocycles. The van der Waals surface area contributed by atoms with Crippen molar-refractivity contribution >= 4 is 6.29 Å². The lowest BCUT2D eigenvalue weighted by Crippen LogP contribution is -1.79. The van der Waals surface area contributed by atoms with Gasteiger partial charge in [0.25, 0.3) is 0 Å². The molecular weight excluding hydrogens is 174 g/mol. The molecule has 0 spiro atoms. The van der Waals surface area contributed by atoms with Gasteiger partial charge in [0.1, 0.15) is 6.07 Å². The average molecular weight is 181 g/mol. The molecule has 0 unspecified atom stereocenters. The van der Waals surface area contributed by atoms with E-state index in [1.807, 2.05) is 30.3 Å². The number of nitrogens with zero attached hydrogens (tertiary/aromatic N) is 1. The van der Waals surface area contributed by atoms with Gasteiger partial charge in [-0.1, -0.05) is 30.3 Å². The molecule has 0 atom stereocenters. The maximum absolute atomic E-state index is 10.7. The topological polar surface area (TPSA) is 40.9 Å². The molecule has 0 bridgehead atoms. The van der Waals surface area contributed by atoms with Crippen molar-refractivity contribution in [1.82, 2.24) is 0 Å². The molecule has 0 saturated carbocycles. The normalized spacial score (nSPS) is 9.64. The van der Waals surface area contributed by atoms with Crippen LogP contribution < -0.4 is 0 Å². The summed E-state index contributed by atoms with van der Waals surface area (Å²) in [5.41, 5.74) is 2.69. The largest absolute Gasteiger partial charge is 0.298 e. The Morgan fingerprint density at radius 3 is 2.71 bits per heavy atom. The van der Waals surface area contributed by atoms with Crippen molar-refractivity contribution in [3.05, 3.63) is 47.5 Å². The third-order valence-corrected chi connectivity index (χ3v) is 2.18. The second-order valence-corrected chi connectivity index (χ2v) is 2.98. The number of fused-ring (bicyclic) bond motifs is 1. The molecule has 2 rings (SSSR count). The van der Waals surface area contributed by atoms with Gasteiger partial charge < -0.3 is 0 Å². The zero-order valence-electron chi connectivity index (χ0n) is 7.40. The van der Waals surface area contributed by atoms with E-state index in [2.05, 4.69) is 6.07 Å². The van der Waals surface area contributed by atoms with Crippen LogP contribution in [0.4, 0.5) is 0 Å². The summed E-state index contributed by atoms with van der Waals surface area (Å²) in [6, 6.07) is 13.2. The van der Waals surface area contributed by atoms with Crippen LogP contribution in [0.25, 0.3) is 11.1 Å². The molecule has 2 aliphatic rings. The highest BCUT2D eigenvalue weighted by atomic mass is 16.1. The van der Waals surface area contributed by atoms with Gasteiger partial charge >= 0.3 is 0 Å². The van der Waals surface area contributed by atoms with Crippen LogP contribution in [0.5, 0.6) is 0 Å². The van der Waals surface area contributed by atoms with Crippen molar-refractivity contribution in [1.29, 1.82) is 5.26 Å². The van der Waals surface area contributed by atoms with Crippen LogP contribution in [-0.2, 0) is 0 Å². The van der Waals surface area contributed by atoms with Crippen LogP contribution in [0, 0.1) is 11.3 Å². The van der Waals surface area contributed by atoms with Crippen LogP contribution in [0.3, 0.4) is 0 Å². The molecule has 2 heteroatoms. The van der Waals surface area contributed by atoms with Crippen molar-refractivity contribution in [2.45, 2.75) is 0 Å². The molecule has 0 aromatic rings. The molecular formula is C12H7NO. The minimum Gasteiger partial charge on any atom is -0.298 e. The Labute approximate surface area is 81.8 Å². The van der Waals surface area contributed by atoms with E-state index >= 15 is 0 Å². The van der Waals surface area contributed by atoms with E-state index in [4.69, 9.17) is 5.26 Å². The molecule has 2 aliphatic carbocycles. The fraction of sp³-hybridized carbons (Fsp3) is 0. The average Bonchev–Trinajstić information content (AvgIpc) is 2.39. The first-order valence-corrected chi connectivity index (χ1v) is 4.24. The Morgan fingerprint density at radius 2 is 2.00 bits per heavy atom. The highest BCUT2D eigenvalue weighted by Gasteiger charge is 2.13. The number of carbonyl (C=O) groups excluding carboxylic acids is 1. The zero-order valence-corrected chi connectivity index (χ0v) is 7.40. The number of hydrogen-bond acceptors (Lipinski definition) is 2.